The fourth-order valence-corrected chi connectivity index (χ4v) is 3.40. The van der Waals surface area contributed by atoms with E-state index in [0.29, 0.717) is 23.2 Å². The maximum atomic E-state index is 13.2. The molecule has 1 aromatic carbocycles. The number of rotatable bonds is 7. The molecule has 0 bridgehead atoms. The second kappa shape index (κ2) is 10.0. The summed E-state index contributed by atoms with van der Waals surface area (Å²) in [6.07, 6.45) is 1.37. The third-order valence-electron chi connectivity index (χ3n) is 4.83. The highest BCUT2D eigenvalue weighted by atomic mass is 31.2. The van der Waals surface area contributed by atoms with E-state index in [-0.39, 0.29) is 17.8 Å². The molecule has 0 heterocycles. The second-order valence-electron chi connectivity index (χ2n) is 7.10. The summed E-state index contributed by atoms with van der Waals surface area (Å²) in [6, 6.07) is 5.28. The highest BCUT2D eigenvalue weighted by Crippen LogP contribution is 2.45. The lowest BCUT2D eigenvalue weighted by Crippen LogP contribution is -2.50. The number of hydrogen-bond acceptors (Lipinski definition) is 3. The molecule has 0 aliphatic heterocycles. The monoisotopic (exact) mass is 412 g/mol. The van der Waals surface area contributed by atoms with Gasteiger partial charge < -0.3 is 19.6 Å². The minimum Gasteiger partial charge on any atom is -0.366 e. The summed E-state index contributed by atoms with van der Waals surface area (Å²) in [5, 5.41) is 0. The van der Waals surface area contributed by atoms with E-state index in [0.717, 1.165) is 5.84 Å². The molecular weight excluding hydrogens is 379 g/mol. The number of anilines is 1. The number of aliphatic imine (C=N–C) groups is 1. The van der Waals surface area contributed by atoms with Crippen molar-refractivity contribution in [3.63, 3.8) is 0 Å². The van der Waals surface area contributed by atoms with Crippen LogP contribution in [0.3, 0.4) is 0 Å². The molecule has 0 aliphatic carbocycles. The van der Waals surface area contributed by atoms with Crippen LogP contribution in [0, 0.1) is 0 Å². The summed E-state index contributed by atoms with van der Waals surface area (Å²) in [5.41, 5.74) is 0.769. The van der Waals surface area contributed by atoms with Crippen LogP contribution in [0.25, 0.3) is 0 Å². The fraction of sp³-hybridized carbons (Fsp3) is 0.579. The van der Waals surface area contributed by atoms with E-state index in [1.54, 1.807) is 17.0 Å². The molecule has 2 unspecified atom stereocenters. The summed E-state index contributed by atoms with van der Waals surface area (Å²) in [6.45, 7) is 9.49. The zero-order valence-electron chi connectivity index (χ0n) is 17.8. The van der Waals surface area contributed by atoms with Crippen molar-refractivity contribution in [3.05, 3.63) is 24.3 Å². The number of benzene rings is 1. The highest BCUT2D eigenvalue weighted by Gasteiger charge is 2.38. The maximum absolute atomic E-state index is 13.2. The Morgan fingerprint density at radius 3 is 1.89 bits per heavy atom. The van der Waals surface area contributed by atoms with Gasteiger partial charge in [0, 0.05) is 26.2 Å². The minimum absolute atomic E-state index is 0.136. The average Bonchev–Trinajstić information content (AvgIpc) is 2.61. The molecule has 158 valence electrons. The van der Waals surface area contributed by atoms with Crippen molar-refractivity contribution in [2.75, 3.05) is 18.8 Å². The van der Waals surface area contributed by atoms with Crippen molar-refractivity contribution in [1.29, 1.82) is 0 Å². The third kappa shape index (κ3) is 6.06. The predicted molar refractivity (Wildman–Crippen MR) is 114 cm³/mol. The Hall–Kier alpha value is -1.89. The molecule has 0 saturated heterocycles. The number of carbonyl (C=O) groups excluding carboxylic acids is 1. The van der Waals surface area contributed by atoms with Gasteiger partial charge in [-0.25, -0.2) is 14.4 Å². The summed E-state index contributed by atoms with van der Waals surface area (Å²) in [4.78, 5) is 40.8. The lowest BCUT2D eigenvalue weighted by molar-refractivity contribution is 0.158. The SMILES string of the molecule is CCC(C)N(C(=O)N(c1ccc(N=C(C)N(C)C)cc1)P(=O)(O)O)C(C)CC. The Kier molecular flexibility index (Phi) is 8.67. The molecule has 0 saturated carbocycles. The van der Waals surface area contributed by atoms with Gasteiger partial charge >= 0.3 is 13.8 Å². The standard InChI is InChI=1S/C19H33N4O4P/c1-8-14(3)22(15(4)9-2)19(24)23(28(25,26)27)18-12-10-17(11-13-18)20-16(5)21(6)7/h10-15H,8-9H2,1-7H3,(H2,25,26,27). The third-order valence-corrected chi connectivity index (χ3v) is 5.75. The van der Waals surface area contributed by atoms with Gasteiger partial charge in [0.2, 0.25) is 0 Å². The predicted octanol–water partition coefficient (Wildman–Crippen LogP) is 4.22. The normalized spacial score (nSPS) is 14.4. The summed E-state index contributed by atoms with van der Waals surface area (Å²) in [7, 11) is -1.12. The summed E-state index contributed by atoms with van der Waals surface area (Å²) >= 11 is 0. The second-order valence-corrected chi connectivity index (χ2v) is 8.53. The number of nitrogens with zero attached hydrogens (tertiary/aromatic N) is 4. The Bertz CT molecular complexity index is 720. The number of urea groups is 1. The minimum atomic E-state index is -4.87. The average molecular weight is 412 g/mol. The Balaban J connectivity index is 3.34. The van der Waals surface area contributed by atoms with Crippen LogP contribution < -0.4 is 4.67 Å². The number of amides is 2. The zero-order valence-corrected chi connectivity index (χ0v) is 18.7. The van der Waals surface area contributed by atoms with Crippen LogP contribution in [-0.4, -0.2) is 57.6 Å². The van der Waals surface area contributed by atoms with Gasteiger partial charge in [-0.15, -0.1) is 0 Å². The first kappa shape index (κ1) is 24.1. The molecule has 0 aromatic heterocycles. The van der Waals surface area contributed by atoms with Crippen LogP contribution in [0.2, 0.25) is 0 Å². The van der Waals surface area contributed by atoms with Crippen molar-refractivity contribution in [3.8, 4) is 0 Å². The molecule has 9 heteroatoms. The molecule has 1 rings (SSSR count). The molecule has 2 amide bonds. The highest BCUT2D eigenvalue weighted by molar-refractivity contribution is 7.54. The molecule has 0 fully saturated rings. The number of amidine groups is 1. The molecule has 1 aromatic rings. The molecule has 2 N–H and O–H groups in total. The largest absolute Gasteiger partial charge is 0.438 e. The zero-order chi connectivity index (χ0) is 21.6. The molecule has 0 aliphatic rings. The molecule has 28 heavy (non-hydrogen) atoms. The fourth-order valence-electron chi connectivity index (χ4n) is 2.64. The first-order valence-electron chi connectivity index (χ1n) is 9.45. The summed E-state index contributed by atoms with van der Waals surface area (Å²) in [5.74, 6) is 0.787. The Labute approximate surface area is 168 Å². The lowest BCUT2D eigenvalue weighted by Gasteiger charge is -2.38. The van der Waals surface area contributed by atoms with Gasteiger partial charge in [-0.2, -0.15) is 4.67 Å². The van der Waals surface area contributed by atoms with Crippen LogP contribution in [0.1, 0.15) is 47.5 Å². The smallest absolute Gasteiger partial charge is 0.366 e. The first-order chi connectivity index (χ1) is 12.9. The van der Waals surface area contributed by atoms with Crippen LogP contribution in [-0.2, 0) is 4.57 Å². The van der Waals surface area contributed by atoms with Crippen LogP contribution in [0.4, 0.5) is 16.2 Å². The van der Waals surface area contributed by atoms with E-state index in [9.17, 15) is 19.1 Å². The van der Waals surface area contributed by atoms with E-state index in [4.69, 9.17) is 0 Å². The van der Waals surface area contributed by atoms with Crippen molar-refractivity contribution in [2.24, 2.45) is 4.99 Å². The lowest BCUT2D eigenvalue weighted by atomic mass is 10.1. The van der Waals surface area contributed by atoms with Gasteiger partial charge in [-0.3, -0.25) is 0 Å². The Morgan fingerprint density at radius 2 is 1.54 bits per heavy atom. The summed E-state index contributed by atoms with van der Waals surface area (Å²) < 4.78 is 12.8. The van der Waals surface area contributed by atoms with Gasteiger partial charge in [0.15, 0.2) is 0 Å². The van der Waals surface area contributed by atoms with Gasteiger partial charge in [0.25, 0.3) is 0 Å². The van der Waals surface area contributed by atoms with Crippen molar-refractivity contribution < 1.29 is 19.1 Å². The van der Waals surface area contributed by atoms with Gasteiger partial charge in [0.05, 0.1) is 11.4 Å². The number of carbonyl (C=O) groups is 1. The van der Waals surface area contributed by atoms with E-state index in [2.05, 4.69) is 4.99 Å². The molecule has 0 spiro atoms. The molecule has 8 nitrogen and oxygen atoms in total. The Morgan fingerprint density at radius 1 is 1.07 bits per heavy atom. The van der Waals surface area contributed by atoms with Crippen molar-refractivity contribution >= 4 is 31.0 Å². The number of hydrogen-bond donors (Lipinski definition) is 2. The van der Waals surface area contributed by atoms with Gasteiger partial charge in [-0.1, -0.05) is 13.8 Å². The van der Waals surface area contributed by atoms with Crippen LogP contribution >= 0.6 is 7.75 Å². The molecule has 2 atom stereocenters. The van der Waals surface area contributed by atoms with Crippen molar-refractivity contribution in [1.82, 2.24) is 9.80 Å². The van der Waals surface area contributed by atoms with E-state index >= 15 is 0 Å². The van der Waals surface area contributed by atoms with Crippen LogP contribution in [0.5, 0.6) is 0 Å². The van der Waals surface area contributed by atoms with Crippen molar-refractivity contribution in [2.45, 2.75) is 59.5 Å². The van der Waals surface area contributed by atoms with E-state index in [1.807, 2.05) is 53.6 Å². The topological polar surface area (TPSA) is 96.7 Å². The van der Waals surface area contributed by atoms with Crippen LogP contribution in [0.15, 0.2) is 29.3 Å². The first-order valence-corrected chi connectivity index (χ1v) is 11.0. The van der Waals surface area contributed by atoms with E-state index < -0.39 is 13.8 Å². The van der Waals surface area contributed by atoms with Gasteiger partial charge in [-0.05, 0) is 57.9 Å². The quantitative estimate of drug-likeness (QED) is 0.397. The molecular formula is C19H33N4O4P. The van der Waals surface area contributed by atoms with E-state index in [1.165, 1.54) is 12.1 Å². The molecule has 0 radical (unpaired) electrons. The van der Waals surface area contributed by atoms with Gasteiger partial charge in [0.1, 0.15) is 5.84 Å². The maximum Gasteiger partial charge on any atom is 0.438 e.